The van der Waals surface area contributed by atoms with Crippen molar-refractivity contribution >= 4 is 22.6 Å². The molecule has 0 aliphatic carbocycles. The van der Waals surface area contributed by atoms with Gasteiger partial charge < -0.3 is 5.32 Å². The van der Waals surface area contributed by atoms with Gasteiger partial charge in [-0.2, -0.15) is 0 Å². The smallest absolute Gasteiger partial charge is 0.320 e. The number of hydrogen-bond donors (Lipinski definition) is 2. The highest BCUT2D eigenvalue weighted by Gasteiger charge is 2.07. The number of aromatic nitrogens is 1. The summed E-state index contributed by atoms with van der Waals surface area (Å²) in [5, 5.41) is 5.39. The fourth-order valence-electron chi connectivity index (χ4n) is 1.15. The highest BCUT2D eigenvalue weighted by Crippen LogP contribution is 2.00. The lowest BCUT2D eigenvalue weighted by molar-refractivity contribution is 0.252. The molecule has 2 N–H and O–H groups in total. The average molecular weight is 255 g/mol. The number of pyridine rings is 1. The van der Waals surface area contributed by atoms with E-state index in [4.69, 9.17) is 0 Å². The Morgan fingerprint density at radius 2 is 2.29 bits per heavy atom. The first kappa shape index (κ1) is 13.6. The predicted octanol–water partition coefficient (Wildman–Crippen LogP) is 1.36. The zero-order valence-corrected chi connectivity index (χ0v) is 10.8. The van der Waals surface area contributed by atoms with E-state index in [1.807, 2.05) is 6.92 Å². The van der Waals surface area contributed by atoms with Crippen molar-refractivity contribution in [3.05, 3.63) is 24.4 Å². The molecule has 17 heavy (non-hydrogen) atoms. The van der Waals surface area contributed by atoms with E-state index in [0.717, 1.165) is 0 Å². The van der Waals surface area contributed by atoms with E-state index < -0.39 is 10.8 Å². The van der Waals surface area contributed by atoms with E-state index in [1.54, 1.807) is 30.7 Å². The van der Waals surface area contributed by atoms with Crippen molar-refractivity contribution in [1.82, 2.24) is 10.3 Å². The van der Waals surface area contributed by atoms with Gasteiger partial charge in [-0.25, -0.2) is 9.78 Å². The van der Waals surface area contributed by atoms with Crippen molar-refractivity contribution in [3.63, 3.8) is 0 Å². The molecule has 1 rings (SSSR count). The summed E-state index contributed by atoms with van der Waals surface area (Å²) in [5.74, 6) is 0.511. The van der Waals surface area contributed by atoms with E-state index in [0.29, 0.717) is 18.8 Å². The Kier molecular flexibility index (Phi) is 5.62. The van der Waals surface area contributed by atoms with Gasteiger partial charge in [-0.15, -0.1) is 0 Å². The van der Waals surface area contributed by atoms with Gasteiger partial charge in [0.15, 0.2) is 0 Å². The predicted molar refractivity (Wildman–Crippen MR) is 69.4 cm³/mol. The van der Waals surface area contributed by atoms with E-state index in [9.17, 15) is 9.00 Å². The summed E-state index contributed by atoms with van der Waals surface area (Å²) in [5.41, 5.74) is 0. The third-order valence-corrected chi connectivity index (χ3v) is 3.68. The van der Waals surface area contributed by atoms with Crippen LogP contribution in [0.3, 0.4) is 0 Å². The second kappa shape index (κ2) is 7.01. The lowest BCUT2D eigenvalue weighted by Crippen LogP contribution is -2.31. The molecule has 6 heteroatoms. The summed E-state index contributed by atoms with van der Waals surface area (Å²) in [4.78, 5) is 15.4. The normalized spacial score (nSPS) is 13.8. The van der Waals surface area contributed by atoms with Crippen molar-refractivity contribution in [2.45, 2.75) is 18.6 Å². The number of carbonyl (C=O) groups is 1. The van der Waals surface area contributed by atoms with Crippen LogP contribution >= 0.6 is 0 Å². The Bertz CT molecular complexity index is 384. The van der Waals surface area contributed by atoms with Crippen molar-refractivity contribution < 1.29 is 9.00 Å². The van der Waals surface area contributed by atoms with Crippen molar-refractivity contribution in [2.24, 2.45) is 0 Å². The zero-order valence-electron chi connectivity index (χ0n) is 9.97. The fourth-order valence-corrected chi connectivity index (χ4v) is 1.60. The molecule has 2 atom stereocenters. The molecule has 94 valence electrons. The molecule has 5 nitrogen and oxygen atoms in total. The molecule has 0 aromatic carbocycles. The first-order valence-corrected chi connectivity index (χ1v) is 7.00. The maximum absolute atomic E-state index is 11.4. The molecule has 0 spiro atoms. The maximum Gasteiger partial charge on any atom is 0.320 e. The van der Waals surface area contributed by atoms with Crippen molar-refractivity contribution in [1.29, 1.82) is 0 Å². The molecule has 0 saturated heterocycles. The van der Waals surface area contributed by atoms with E-state index in [2.05, 4.69) is 15.6 Å². The first-order valence-electron chi connectivity index (χ1n) is 5.37. The summed E-state index contributed by atoms with van der Waals surface area (Å²) in [6.07, 6.45) is 3.97. The summed E-state index contributed by atoms with van der Waals surface area (Å²) in [7, 11) is -0.847. The second-order valence-corrected chi connectivity index (χ2v) is 5.50. The molecule has 0 fully saturated rings. The van der Waals surface area contributed by atoms with E-state index in [1.165, 1.54) is 0 Å². The van der Waals surface area contributed by atoms with Crippen LogP contribution in [0, 0.1) is 0 Å². The second-order valence-electron chi connectivity index (χ2n) is 3.69. The highest BCUT2D eigenvalue weighted by atomic mass is 32.2. The Hall–Kier alpha value is -1.43. The molecule has 2 amide bonds. The third-order valence-electron chi connectivity index (χ3n) is 2.31. The molecule has 0 aliphatic rings. The van der Waals surface area contributed by atoms with Crippen LogP contribution in [0.4, 0.5) is 10.6 Å². The fraction of sp³-hybridized carbons (Fsp3) is 0.455. The number of rotatable bonds is 5. The van der Waals surface area contributed by atoms with Gasteiger partial charge in [0.25, 0.3) is 0 Å². The number of urea groups is 1. The minimum atomic E-state index is -0.847. The van der Waals surface area contributed by atoms with Crippen LogP contribution in [-0.4, -0.2) is 33.3 Å². The Balaban J connectivity index is 2.25. The highest BCUT2D eigenvalue weighted by molar-refractivity contribution is 7.84. The molecule has 1 aromatic rings. The Labute approximate surface area is 103 Å². The lowest BCUT2D eigenvalue weighted by Gasteiger charge is -2.09. The summed E-state index contributed by atoms with van der Waals surface area (Å²) in [6.45, 7) is 2.40. The van der Waals surface area contributed by atoms with Crippen LogP contribution in [0.5, 0.6) is 0 Å². The zero-order chi connectivity index (χ0) is 12.7. The molecule has 0 aliphatic heterocycles. The van der Waals surface area contributed by atoms with E-state index in [-0.39, 0.29) is 11.3 Å². The number of nitrogens with one attached hydrogen (secondary N) is 2. The van der Waals surface area contributed by atoms with Gasteiger partial charge in [0.2, 0.25) is 0 Å². The summed E-state index contributed by atoms with van der Waals surface area (Å²) < 4.78 is 11.1. The van der Waals surface area contributed by atoms with Gasteiger partial charge in [-0.3, -0.25) is 9.53 Å². The maximum atomic E-state index is 11.4. The summed E-state index contributed by atoms with van der Waals surface area (Å²) in [6, 6.07) is 4.99. The molecule has 0 saturated carbocycles. The topological polar surface area (TPSA) is 71.1 Å². The first-order chi connectivity index (χ1) is 8.09. The van der Waals surface area contributed by atoms with Gasteiger partial charge in [0.05, 0.1) is 0 Å². The van der Waals surface area contributed by atoms with Crippen molar-refractivity contribution in [3.8, 4) is 0 Å². The van der Waals surface area contributed by atoms with Crippen LogP contribution in [0.2, 0.25) is 0 Å². The SMILES string of the molecule is C[C@@H](CCNC(=O)Nc1ccccn1)[S@@](C)=O. The molecule has 0 radical (unpaired) electrons. The van der Waals surface area contributed by atoms with Gasteiger partial charge in [0.1, 0.15) is 5.82 Å². The van der Waals surface area contributed by atoms with Crippen LogP contribution in [0.1, 0.15) is 13.3 Å². The van der Waals surface area contributed by atoms with Crippen LogP contribution in [0.15, 0.2) is 24.4 Å². The largest absolute Gasteiger partial charge is 0.338 e. The number of amides is 2. The summed E-state index contributed by atoms with van der Waals surface area (Å²) >= 11 is 0. The number of nitrogens with zero attached hydrogens (tertiary/aromatic N) is 1. The van der Waals surface area contributed by atoms with Gasteiger partial charge in [-0.1, -0.05) is 13.0 Å². The number of hydrogen-bond acceptors (Lipinski definition) is 3. The number of anilines is 1. The minimum Gasteiger partial charge on any atom is -0.338 e. The van der Waals surface area contributed by atoms with E-state index >= 15 is 0 Å². The van der Waals surface area contributed by atoms with Crippen LogP contribution < -0.4 is 10.6 Å². The number of carbonyl (C=O) groups excluding carboxylic acids is 1. The molecule has 1 aromatic heterocycles. The van der Waals surface area contributed by atoms with Gasteiger partial charge >= 0.3 is 6.03 Å². The molecular weight excluding hydrogens is 238 g/mol. The monoisotopic (exact) mass is 255 g/mol. The molecule has 0 bridgehead atoms. The van der Waals surface area contributed by atoms with Crippen LogP contribution in [0.25, 0.3) is 0 Å². The van der Waals surface area contributed by atoms with Gasteiger partial charge in [0, 0.05) is 35.0 Å². The molecule has 0 unspecified atom stereocenters. The Morgan fingerprint density at radius 3 is 2.88 bits per heavy atom. The molecular formula is C11H17N3O2S. The van der Waals surface area contributed by atoms with Crippen molar-refractivity contribution in [2.75, 3.05) is 18.1 Å². The lowest BCUT2D eigenvalue weighted by atomic mass is 10.3. The standard InChI is InChI=1S/C11H17N3O2S/c1-9(17(2)16)6-8-13-11(15)14-10-5-3-4-7-12-10/h3-5,7,9H,6,8H2,1-2H3,(H2,12,13,14,15)/t9-,17+/m0/s1. The quantitative estimate of drug-likeness (QED) is 0.834. The average Bonchev–Trinajstić information content (AvgIpc) is 2.30. The minimum absolute atomic E-state index is 0.0881. The molecule has 1 heterocycles. The third kappa shape index (κ3) is 5.44. The Morgan fingerprint density at radius 1 is 1.53 bits per heavy atom. The van der Waals surface area contributed by atoms with Crippen LogP contribution in [-0.2, 0) is 10.8 Å². The van der Waals surface area contributed by atoms with Gasteiger partial charge in [-0.05, 0) is 18.6 Å².